The van der Waals surface area contributed by atoms with Crippen LogP contribution in [0.15, 0.2) is 48.7 Å². The van der Waals surface area contributed by atoms with E-state index in [1.165, 1.54) is 50.9 Å². The second-order valence-corrected chi connectivity index (χ2v) is 7.47. The fourth-order valence-electron chi connectivity index (χ4n) is 4.44. The van der Waals surface area contributed by atoms with E-state index in [0.717, 1.165) is 23.7 Å². The van der Waals surface area contributed by atoms with Crippen molar-refractivity contribution < 1.29 is 0 Å². The zero-order chi connectivity index (χ0) is 17.3. The van der Waals surface area contributed by atoms with Gasteiger partial charge in [0.05, 0.1) is 5.69 Å². The number of likely N-dealkylation sites (tertiary alicyclic amines) is 1. The van der Waals surface area contributed by atoms with Gasteiger partial charge in [-0.15, -0.1) is 5.10 Å². The summed E-state index contributed by atoms with van der Waals surface area (Å²) >= 11 is 0. The second-order valence-electron chi connectivity index (χ2n) is 7.47. The van der Waals surface area contributed by atoms with E-state index in [0.29, 0.717) is 6.04 Å². The molecule has 3 aromatic rings. The highest BCUT2D eigenvalue weighted by Gasteiger charge is 2.29. The van der Waals surface area contributed by atoms with Crippen molar-refractivity contribution in [2.75, 3.05) is 31.1 Å². The number of hydrogen-bond donors (Lipinski definition) is 0. The van der Waals surface area contributed by atoms with Gasteiger partial charge in [0, 0.05) is 37.0 Å². The van der Waals surface area contributed by atoms with Gasteiger partial charge < -0.3 is 9.80 Å². The van der Waals surface area contributed by atoms with Gasteiger partial charge in [-0.2, -0.15) is 0 Å². The maximum atomic E-state index is 4.96. The SMILES string of the molecule is c1ccc(-c2ccnc3cc(N4CCC[C@H]4CN4CCCC4)nn23)cc1. The molecule has 2 saturated heterocycles. The molecule has 0 radical (unpaired) electrons. The van der Waals surface area contributed by atoms with Crippen molar-refractivity contribution in [1.82, 2.24) is 19.5 Å². The summed E-state index contributed by atoms with van der Waals surface area (Å²) in [7, 11) is 0. The smallest absolute Gasteiger partial charge is 0.157 e. The van der Waals surface area contributed by atoms with E-state index >= 15 is 0 Å². The summed E-state index contributed by atoms with van der Waals surface area (Å²) < 4.78 is 2.00. The largest absolute Gasteiger partial charge is 0.351 e. The van der Waals surface area contributed by atoms with Gasteiger partial charge in [0.25, 0.3) is 0 Å². The lowest BCUT2D eigenvalue weighted by molar-refractivity contribution is 0.313. The zero-order valence-electron chi connectivity index (χ0n) is 15.1. The summed E-state index contributed by atoms with van der Waals surface area (Å²) in [6.45, 7) is 4.79. The predicted octanol–water partition coefficient (Wildman–Crippen LogP) is 3.46. The fraction of sp³-hybridized carbons (Fsp3) is 0.429. The van der Waals surface area contributed by atoms with Crippen LogP contribution in [0.1, 0.15) is 25.7 Å². The van der Waals surface area contributed by atoms with Gasteiger partial charge in [0.2, 0.25) is 0 Å². The Hall–Kier alpha value is -2.40. The van der Waals surface area contributed by atoms with Gasteiger partial charge in [-0.05, 0) is 44.8 Å². The first kappa shape index (κ1) is 15.8. The highest BCUT2D eigenvalue weighted by Crippen LogP contribution is 2.28. The van der Waals surface area contributed by atoms with Crippen LogP contribution in [0.2, 0.25) is 0 Å². The van der Waals surface area contributed by atoms with Crippen LogP contribution in [-0.2, 0) is 0 Å². The average molecular weight is 347 g/mol. The molecule has 0 unspecified atom stereocenters. The minimum Gasteiger partial charge on any atom is -0.351 e. The molecule has 0 amide bonds. The zero-order valence-corrected chi connectivity index (χ0v) is 15.1. The summed E-state index contributed by atoms with van der Waals surface area (Å²) in [4.78, 5) is 9.67. The van der Waals surface area contributed by atoms with E-state index < -0.39 is 0 Å². The van der Waals surface area contributed by atoms with Crippen LogP contribution in [-0.4, -0.2) is 51.7 Å². The maximum Gasteiger partial charge on any atom is 0.157 e. The van der Waals surface area contributed by atoms with Gasteiger partial charge in [0.1, 0.15) is 0 Å². The Kier molecular flexibility index (Phi) is 4.09. The van der Waals surface area contributed by atoms with Crippen molar-refractivity contribution in [3.8, 4) is 11.3 Å². The Balaban J connectivity index is 1.47. The van der Waals surface area contributed by atoms with Crippen molar-refractivity contribution in [3.63, 3.8) is 0 Å². The molecular formula is C21H25N5. The Morgan fingerprint density at radius 2 is 1.81 bits per heavy atom. The van der Waals surface area contributed by atoms with E-state index in [-0.39, 0.29) is 0 Å². The molecule has 1 aromatic carbocycles. The monoisotopic (exact) mass is 347 g/mol. The quantitative estimate of drug-likeness (QED) is 0.724. The van der Waals surface area contributed by atoms with Crippen LogP contribution < -0.4 is 4.90 Å². The van der Waals surface area contributed by atoms with E-state index in [9.17, 15) is 0 Å². The van der Waals surface area contributed by atoms with Gasteiger partial charge in [0.15, 0.2) is 11.5 Å². The maximum absolute atomic E-state index is 4.96. The molecule has 2 aliphatic heterocycles. The number of nitrogens with zero attached hydrogens (tertiary/aromatic N) is 5. The molecule has 0 bridgehead atoms. The first-order valence-corrected chi connectivity index (χ1v) is 9.78. The molecule has 0 aliphatic carbocycles. The molecule has 0 N–H and O–H groups in total. The Morgan fingerprint density at radius 1 is 0.962 bits per heavy atom. The predicted molar refractivity (Wildman–Crippen MR) is 104 cm³/mol. The Labute approximate surface area is 154 Å². The minimum atomic E-state index is 0.582. The molecule has 5 rings (SSSR count). The third-order valence-electron chi connectivity index (χ3n) is 5.75. The molecule has 5 nitrogen and oxygen atoms in total. The Bertz CT molecular complexity index is 882. The molecule has 0 spiro atoms. The van der Waals surface area contributed by atoms with Gasteiger partial charge in [-0.25, -0.2) is 9.50 Å². The highest BCUT2D eigenvalue weighted by atomic mass is 15.4. The third kappa shape index (κ3) is 2.86. The number of aromatic nitrogens is 3. The minimum absolute atomic E-state index is 0.582. The fourth-order valence-corrected chi connectivity index (χ4v) is 4.44. The summed E-state index contributed by atoms with van der Waals surface area (Å²) in [6, 6.07) is 15.2. The molecule has 2 fully saturated rings. The summed E-state index contributed by atoms with van der Waals surface area (Å²) in [5.41, 5.74) is 3.19. The lowest BCUT2D eigenvalue weighted by Gasteiger charge is -2.28. The number of anilines is 1. The second kappa shape index (κ2) is 6.72. The topological polar surface area (TPSA) is 36.7 Å². The van der Waals surface area contributed by atoms with Crippen LogP contribution in [0.4, 0.5) is 5.82 Å². The molecule has 134 valence electrons. The first-order valence-electron chi connectivity index (χ1n) is 9.78. The van der Waals surface area contributed by atoms with E-state index in [1.807, 2.05) is 22.8 Å². The normalized spacial score (nSPS) is 21.1. The van der Waals surface area contributed by atoms with Crippen LogP contribution in [0.3, 0.4) is 0 Å². The number of benzene rings is 1. The van der Waals surface area contributed by atoms with Crippen molar-refractivity contribution in [2.45, 2.75) is 31.7 Å². The number of rotatable bonds is 4. The van der Waals surface area contributed by atoms with Crippen LogP contribution >= 0.6 is 0 Å². The van der Waals surface area contributed by atoms with Gasteiger partial charge in [-0.3, -0.25) is 0 Å². The van der Waals surface area contributed by atoms with Crippen LogP contribution in [0.5, 0.6) is 0 Å². The average Bonchev–Trinajstić information content (AvgIpc) is 3.42. The molecule has 26 heavy (non-hydrogen) atoms. The van der Waals surface area contributed by atoms with E-state index in [1.54, 1.807) is 0 Å². The van der Waals surface area contributed by atoms with Crippen molar-refractivity contribution in [3.05, 3.63) is 48.7 Å². The van der Waals surface area contributed by atoms with Gasteiger partial charge >= 0.3 is 0 Å². The van der Waals surface area contributed by atoms with Crippen molar-refractivity contribution in [2.24, 2.45) is 0 Å². The first-order chi connectivity index (χ1) is 12.9. The van der Waals surface area contributed by atoms with Crippen molar-refractivity contribution >= 4 is 11.5 Å². The van der Waals surface area contributed by atoms with E-state index in [2.05, 4.69) is 45.1 Å². The summed E-state index contributed by atoms with van der Waals surface area (Å²) in [5.74, 6) is 1.07. The molecular weight excluding hydrogens is 322 g/mol. The van der Waals surface area contributed by atoms with Gasteiger partial charge in [-0.1, -0.05) is 30.3 Å². The summed E-state index contributed by atoms with van der Waals surface area (Å²) in [6.07, 6.45) is 7.11. The molecule has 4 heterocycles. The molecule has 1 atom stereocenters. The summed E-state index contributed by atoms with van der Waals surface area (Å²) in [5, 5.41) is 4.96. The molecule has 2 aromatic heterocycles. The standard InChI is InChI=1S/C21H25N5/c1-2-7-17(8-3-1)19-10-11-22-20-15-21(23-26(19)20)25-14-6-9-18(25)16-24-12-4-5-13-24/h1-3,7-8,10-11,15,18H,4-6,9,12-14,16H2/t18-/m0/s1. The number of fused-ring (bicyclic) bond motifs is 1. The molecule has 2 aliphatic rings. The lowest BCUT2D eigenvalue weighted by Crippen LogP contribution is -2.39. The molecule has 5 heteroatoms. The Morgan fingerprint density at radius 3 is 2.65 bits per heavy atom. The van der Waals surface area contributed by atoms with Crippen molar-refractivity contribution in [1.29, 1.82) is 0 Å². The van der Waals surface area contributed by atoms with Crippen LogP contribution in [0.25, 0.3) is 16.9 Å². The van der Waals surface area contributed by atoms with Crippen LogP contribution in [0, 0.1) is 0 Å². The van der Waals surface area contributed by atoms with E-state index in [4.69, 9.17) is 5.10 Å². The lowest BCUT2D eigenvalue weighted by atomic mass is 10.1. The third-order valence-corrected chi connectivity index (χ3v) is 5.75. The number of hydrogen-bond acceptors (Lipinski definition) is 4. The highest BCUT2D eigenvalue weighted by molar-refractivity contribution is 5.64. The molecule has 0 saturated carbocycles.